The van der Waals surface area contributed by atoms with Gasteiger partial charge in [0, 0.05) is 5.56 Å². The van der Waals surface area contributed by atoms with Crippen LogP contribution in [0.15, 0.2) is 6.20 Å². The van der Waals surface area contributed by atoms with Crippen LogP contribution in [0, 0.1) is 10.5 Å². The number of hydrogen-bond donors (Lipinski definition) is 1. The van der Waals surface area contributed by atoms with Gasteiger partial charge in [-0.3, -0.25) is 0 Å². The number of aromatic carboxylic acids is 1. The third kappa shape index (κ3) is 2.97. The van der Waals surface area contributed by atoms with E-state index >= 15 is 0 Å². The maximum atomic E-state index is 11.9. The molecular formula is C8H5F3INO3. The fourth-order valence-electron chi connectivity index (χ4n) is 0.939. The quantitative estimate of drug-likeness (QED) is 0.836. The first kappa shape index (κ1) is 13.0. The number of aromatic nitrogens is 1. The van der Waals surface area contributed by atoms with Gasteiger partial charge in [0.1, 0.15) is 0 Å². The normalized spacial score (nSPS) is 11.3. The third-order valence-electron chi connectivity index (χ3n) is 1.65. The van der Waals surface area contributed by atoms with Crippen LogP contribution in [0.25, 0.3) is 0 Å². The highest BCUT2D eigenvalue weighted by Crippen LogP contribution is 2.29. The predicted octanol–water partition coefficient (Wildman–Crippen LogP) is 2.59. The van der Waals surface area contributed by atoms with E-state index in [1.54, 1.807) is 22.6 Å². The van der Waals surface area contributed by atoms with Gasteiger partial charge in [0.15, 0.2) is 11.4 Å². The van der Waals surface area contributed by atoms with Gasteiger partial charge in [-0.15, -0.1) is 13.2 Å². The van der Waals surface area contributed by atoms with Gasteiger partial charge in [-0.05, 0) is 29.5 Å². The number of nitrogens with zero attached hydrogens (tertiary/aromatic N) is 1. The highest BCUT2D eigenvalue weighted by atomic mass is 127. The number of pyridine rings is 1. The lowest BCUT2D eigenvalue weighted by atomic mass is 10.2. The number of carboxylic acids is 1. The summed E-state index contributed by atoms with van der Waals surface area (Å²) >= 11 is 1.61. The molecule has 1 rings (SSSR count). The molecule has 0 bridgehead atoms. The molecule has 0 saturated carbocycles. The van der Waals surface area contributed by atoms with Crippen LogP contribution in [0.3, 0.4) is 0 Å². The minimum absolute atomic E-state index is 0.0883. The number of halogens is 4. The summed E-state index contributed by atoms with van der Waals surface area (Å²) in [6, 6.07) is 0. The molecule has 0 atom stereocenters. The Bertz CT molecular complexity index is 433. The zero-order valence-corrected chi connectivity index (χ0v) is 9.96. The Kier molecular flexibility index (Phi) is 3.61. The summed E-state index contributed by atoms with van der Waals surface area (Å²) in [6.07, 6.45) is -4.07. The van der Waals surface area contributed by atoms with E-state index in [-0.39, 0.29) is 14.8 Å². The van der Waals surface area contributed by atoms with Crippen LogP contribution >= 0.6 is 22.6 Å². The standard InChI is InChI=1S/C8H5F3INO3/c1-3-4(16-8(9,10)11)2-13-6(5(3)12)7(14)15/h2H,1H3,(H,14,15). The maximum absolute atomic E-state index is 11.9. The molecule has 0 spiro atoms. The van der Waals surface area contributed by atoms with Crippen molar-refractivity contribution in [2.45, 2.75) is 13.3 Å². The molecule has 1 aromatic rings. The molecule has 0 saturated heterocycles. The predicted molar refractivity (Wildman–Crippen MR) is 55.3 cm³/mol. The van der Waals surface area contributed by atoms with Crippen molar-refractivity contribution in [2.75, 3.05) is 0 Å². The second-order valence-electron chi connectivity index (χ2n) is 2.76. The van der Waals surface area contributed by atoms with Crippen molar-refractivity contribution in [3.05, 3.63) is 21.0 Å². The zero-order chi connectivity index (χ0) is 12.5. The van der Waals surface area contributed by atoms with Gasteiger partial charge in [0.05, 0.1) is 9.77 Å². The van der Waals surface area contributed by atoms with Crippen molar-refractivity contribution < 1.29 is 27.8 Å². The molecule has 1 heterocycles. The van der Waals surface area contributed by atoms with Crippen molar-refractivity contribution in [1.82, 2.24) is 4.98 Å². The maximum Gasteiger partial charge on any atom is 0.573 e. The lowest BCUT2D eigenvalue weighted by Crippen LogP contribution is -2.19. The second kappa shape index (κ2) is 4.44. The van der Waals surface area contributed by atoms with Crippen LogP contribution in [-0.2, 0) is 0 Å². The molecule has 0 aliphatic rings. The summed E-state index contributed by atoms with van der Waals surface area (Å²) in [4.78, 5) is 14.0. The van der Waals surface area contributed by atoms with Crippen LogP contribution in [0.5, 0.6) is 5.75 Å². The molecule has 0 aromatic carbocycles. The summed E-state index contributed by atoms with van der Waals surface area (Å²) in [5.74, 6) is -1.80. The van der Waals surface area contributed by atoms with E-state index in [4.69, 9.17) is 5.11 Å². The van der Waals surface area contributed by atoms with Crippen molar-refractivity contribution in [2.24, 2.45) is 0 Å². The van der Waals surface area contributed by atoms with E-state index in [1.807, 2.05) is 0 Å². The van der Waals surface area contributed by atoms with Gasteiger partial charge in [-0.1, -0.05) is 0 Å². The molecule has 1 N–H and O–H groups in total. The largest absolute Gasteiger partial charge is 0.573 e. The van der Waals surface area contributed by atoms with Crippen LogP contribution < -0.4 is 4.74 Å². The Hall–Kier alpha value is -1.06. The molecule has 4 nitrogen and oxygen atoms in total. The van der Waals surface area contributed by atoms with Crippen molar-refractivity contribution in [3.8, 4) is 5.75 Å². The van der Waals surface area contributed by atoms with E-state index in [0.29, 0.717) is 0 Å². The summed E-state index contributed by atoms with van der Waals surface area (Å²) in [5.41, 5.74) is -0.210. The Morgan fingerprint density at radius 2 is 2.12 bits per heavy atom. The van der Waals surface area contributed by atoms with Gasteiger partial charge in [-0.25, -0.2) is 9.78 Å². The zero-order valence-electron chi connectivity index (χ0n) is 7.80. The number of carboxylic acid groups (broad SMARTS) is 1. The number of alkyl halides is 3. The fraction of sp³-hybridized carbons (Fsp3) is 0.250. The molecule has 0 fully saturated rings. The summed E-state index contributed by atoms with van der Waals surface area (Å²) in [7, 11) is 0. The highest BCUT2D eigenvalue weighted by molar-refractivity contribution is 14.1. The molecule has 8 heteroatoms. The smallest absolute Gasteiger partial charge is 0.476 e. The molecule has 1 aromatic heterocycles. The van der Waals surface area contributed by atoms with Gasteiger partial charge >= 0.3 is 12.3 Å². The first-order valence-corrected chi connectivity index (χ1v) is 4.94. The van der Waals surface area contributed by atoms with Crippen molar-refractivity contribution in [3.63, 3.8) is 0 Å². The molecule has 0 radical (unpaired) electrons. The first-order valence-electron chi connectivity index (χ1n) is 3.86. The Morgan fingerprint density at radius 3 is 2.56 bits per heavy atom. The van der Waals surface area contributed by atoms with E-state index < -0.39 is 18.1 Å². The Balaban J connectivity index is 3.17. The van der Waals surface area contributed by atoms with Crippen LogP contribution in [0.1, 0.15) is 16.1 Å². The fourth-order valence-corrected chi connectivity index (χ4v) is 1.57. The van der Waals surface area contributed by atoms with Gasteiger partial charge < -0.3 is 9.84 Å². The van der Waals surface area contributed by atoms with Crippen LogP contribution in [0.2, 0.25) is 0 Å². The highest BCUT2D eigenvalue weighted by Gasteiger charge is 2.32. The van der Waals surface area contributed by atoms with Crippen LogP contribution in [-0.4, -0.2) is 22.4 Å². The molecule has 0 aliphatic carbocycles. The second-order valence-corrected chi connectivity index (χ2v) is 3.84. The van der Waals surface area contributed by atoms with E-state index in [2.05, 4.69) is 9.72 Å². The monoisotopic (exact) mass is 347 g/mol. The summed E-state index contributed by atoms with van der Waals surface area (Å²) < 4.78 is 39.6. The molecular weight excluding hydrogens is 342 g/mol. The van der Waals surface area contributed by atoms with Gasteiger partial charge in [0.2, 0.25) is 0 Å². The van der Waals surface area contributed by atoms with Gasteiger partial charge in [-0.2, -0.15) is 0 Å². The van der Waals surface area contributed by atoms with Crippen LogP contribution in [0.4, 0.5) is 13.2 Å². The lowest BCUT2D eigenvalue weighted by molar-refractivity contribution is -0.275. The number of ether oxygens (including phenoxy) is 1. The first-order chi connectivity index (χ1) is 7.22. The SMILES string of the molecule is Cc1c(OC(F)(F)F)cnc(C(=O)O)c1I. The Labute approximate surface area is 102 Å². The number of rotatable bonds is 2. The average Bonchev–Trinajstić information content (AvgIpc) is 2.10. The van der Waals surface area contributed by atoms with Gasteiger partial charge in [0.25, 0.3) is 0 Å². The molecule has 0 aliphatic heterocycles. The topological polar surface area (TPSA) is 59.4 Å². The number of carbonyl (C=O) groups is 1. The minimum atomic E-state index is -4.82. The summed E-state index contributed by atoms with van der Waals surface area (Å²) in [5, 5.41) is 8.68. The third-order valence-corrected chi connectivity index (χ3v) is 2.97. The summed E-state index contributed by atoms with van der Waals surface area (Å²) in [6.45, 7) is 1.33. The molecule has 88 valence electrons. The average molecular weight is 347 g/mol. The van der Waals surface area contributed by atoms with E-state index in [9.17, 15) is 18.0 Å². The molecule has 0 amide bonds. The molecule has 0 unspecified atom stereocenters. The lowest BCUT2D eigenvalue weighted by Gasteiger charge is -2.12. The van der Waals surface area contributed by atoms with E-state index in [0.717, 1.165) is 6.20 Å². The minimum Gasteiger partial charge on any atom is -0.476 e. The number of hydrogen-bond acceptors (Lipinski definition) is 3. The molecule has 16 heavy (non-hydrogen) atoms. The van der Waals surface area contributed by atoms with Crippen molar-refractivity contribution in [1.29, 1.82) is 0 Å². The Morgan fingerprint density at radius 1 is 1.56 bits per heavy atom. The van der Waals surface area contributed by atoms with E-state index in [1.165, 1.54) is 6.92 Å². The van der Waals surface area contributed by atoms with Crippen molar-refractivity contribution >= 4 is 28.6 Å².